The van der Waals surface area contributed by atoms with Crippen LogP contribution in [0.2, 0.25) is 0 Å². The summed E-state index contributed by atoms with van der Waals surface area (Å²) < 4.78 is 1.55. The average molecular weight is 420 g/mol. The second kappa shape index (κ2) is 7.35. The molecule has 31 heavy (non-hydrogen) atoms. The lowest BCUT2D eigenvalue weighted by Gasteiger charge is -2.30. The number of rotatable bonds is 5. The summed E-state index contributed by atoms with van der Waals surface area (Å²) in [6.07, 6.45) is 1.86. The molecule has 1 saturated carbocycles. The van der Waals surface area contributed by atoms with E-state index in [0.717, 1.165) is 24.1 Å². The molecule has 0 radical (unpaired) electrons. The van der Waals surface area contributed by atoms with Crippen LogP contribution in [-0.4, -0.2) is 38.4 Å². The highest BCUT2D eigenvalue weighted by atomic mass is 16.2. The van der Waals surface area contributed by atoms with E-state index in [9.17, 15) is 14.4 Å². The van der Waals surface area contributed by atoms with Gasteiger partial charge >= 0.3 is 0 Å². The first-order chi connectivity index (χ1) is 14.9. The fourth-order valence-electron chi connectivity index (χ4n) is 4.13. The molecule has 0 bridgehead atoms. The molecular weight excluding hydrogens is 396 g/mol. The van der Waals surface area contributed by atoms with Crippen molar-refractivity contribution in [2.24, 2.45) is 0 Å². The molecule has 2 unspecified atom stereocenters. The van der Waals surface area contributed by atoms with Crippen LogP contribution in [0.1, 0.15) is 60.1 Å². The Kier molecular flexibility index (Phi) is 4.62. The molecule has 9 nitrogen and oxygen atoms in total. The van der Waals surface area contributed by atoms with Gasteiger partial charge in [0.15, 0.2) is 6.29 Å². The summed E-state index contributed by atoms with van der Waals surface area (Å²) in [5.41, 5.74) is 2.66. The molecule has 1 aromatic carbocycles. The second-order valence-corrected chi connectivity index (χ2v) is 8.37. The summed E-state index contributed by atoms with van der Waals surface area (Å²) in [5, 5.41) is 14.2. The minimum Gasteiger partial charge on any atom is -0.358 e. The predicted octanol–water partition coefficient (Wildman–Crippen LogP) is 2.33. The van der Waals surface area contributed by atoms with E-state index in [1.165, 1.54) is 0 Å². The molecule has 9 heteroatoms. The SMILES string of the molecule is Cc1[nH]c2ccccc2c1C(=O)C(=O)Nc1cc(C2CC2)nn1C1NC(=O)CC(C)N1. The maximum absolute atomic E-state index is 13.0. The number of ketones is 1. The van der Waals surface area contributed by atoms with E-state index in [2.05, 4.69) is 26.0 Å². The van der Waals surface area contributed by atoms with Gasteiger partial charge in [-0.25, -0.2) is 4.68 Å². The van der Waals surface area contributed by atoms with Gasteiger partial charge in [-0.3, -0.25) is 19.7 Å². The fraction of sp³-hybridized carbons (Fsp3) is 0.364. The van der Waals surface area contributed by atoms with Gasteiger partial charge in [0.1, 0.15) is 5.82 Å². The van der Waals surface area contributed by atoms with Gasteiger partial charge in [-0.2, -0.15) is 5.10 Å². The Morgan fingerprint density at radius 3 is 2.74 bits per heavy atom. The Labute approximate surface area is 178 Å². The number of benzene rings is 1. The Morgan fingerprint density at radius 2 is 2.00 bits per heavy atom. The minimum absolute atomic E-state index is 0.0358. The molecule has 2 fully saturated rings. The Morgan fingerprint density at radius 1 is 1.23 bits per heavy atom. The van der Waals surface area contributed by atoms with Crippen molar-refractivity contribution in [1.29, 1.82) is 0 Å². The number of fused-ring (bicyclic) bond motifs is 1. The van der Waals surface area contributed by atoms with E-state index in [1.807, 2.05) is 31.2 Å². The lowest BCUT2D eigenvalue weighted by Crippen LogP contribution is -2.52. The second-order valence-electron chi connectivity index (χ2n) is 8.37. The molecule has 1 aliphatic carbocycles. The molecule has 5 rings (SSSR count). The zero-order valence-electron chi connectivity index (χ0n) is 17.4. The van der Waals surface area contributed by atoms with Gasteiger partial charge in [-0.1, -0.05) is 18.2 Å². The summed E-state index contributed by atoms with van der Waals surface area (Å²) in [6, 6.07) is 9.14. The van der Waals surface area contributed by atoms with E-state index in [4.69, 9.17) is 0 Å². The number of carbonyl (C=O) groups is 3. The molecule has 4 N–H and O–H groups in total. The number of nitrogens with one attached hydrogen (secondary N) is 4. The monoisotopic (exact) mass is 420 g/mol. The number of aryl methyl sites for hydroxylation is 1. The topological polar surface area (TPSA) is 121 Å². The molecule has 2 aromatic heterocycles. The average Bonchev–Trinajstić information content (AvgIpc) is 3.40. The summed E-state index contributed by atoms with van der Waals surface area (Å²) in [6.45, 7) is 3.69. The summed E-state index contributed by atoms with van der Waals surface area (Å²) in [5.74, 6) is -0.733. The van der Waals surface area contributed by atoms with Crippen molar-refractivity contribution in [1.82, 2.24) is 25.4 Å². The Balaban J connectivity index is 1.45. The van der Waals surface area contributed by atoms with Crippen molar-refractivity contribution in [3.8, 4) is 0 Å². The number of H-pyrrole nitrogens is 1. The van der Waals surface area contributed by atoms with E-state index in [1.54, 1.807) is 17.7 Å². The molecular formula is C22H24N6O3. The van der Waals surface area contributed by atoms with E-state index >= 15 is 0 Å². The van der Waals surface area contributed by atoms with Crippen LogP contribution in [0.15, 0.2) is 30.3 Å². The van der Waals surface area contributed by atoms with Crippen molar-refractivity contribution in [3.63, 3.8) is 0 Å². The molecule has 2 aliphatic rings. The van der Waals surface area contributed by atoms with Crippen LogP contribution in [0.5, 0.6) is 0 Å². The number of para-hydroxylation sites is 1. The van der Waals surface area contributed by atoms with Crippen molar-refractivity contribution in [2.45, 2.75) is 51.4 Å². The van der Waals surface area contributed by atoms with Crippen LogP contribution >= 0.6 is 0 Å². The number of hydrogen-bond acceptors (Lipinski definition) is 5. The predicted molar refractivity (Wildman–Crippen MR) is 115 cm³/mol. The van der Waals surface area contributed by atoms with Crippen molar-refractivity contribution >= 4 is 34.3 Å². The lowest BCUT2D eigenvalue weighted by molar-refractivity contribution is -0.125. The van der Waals surface area contributed by atoms with Gasteiger partial charge in [0.2, 0.25) is 5.91 Å². The number of amides is 2. The fourth-order valence-corrected chi connectivity index (χ4v) is 4.13. The molecule has 1 aliphatic heterocycles. The first-order valence-electron chi connectivity index (χ1n) is 10.5. The summed E-state index contributed by atoms with van der Waals surface area (Å²) in [7, 11) is 0. The van der Waals surface area contributed by atoms with Crippen LogP contribution in [0.4, 0.5) is 5.82 Å². The molecule has 0 spiro atoms. The zero-order chi connectivity index (χ0) is 21.7. The summed E-state index contributed by atoms with van der Waals surface area (Å²) in [4.78, 5) is 41.2. The maximum Gasteiger partial charge on any atom is 0.298 e. The smallest absolute Gasteiger partial charge is 0.298 e. The quantitative estimate of drug-likeness (QED) is 0.373. The highest BCUT2D eigenvalue weighted by Crippen LogP contribution is 2.40. The number of carbonyl (C=O) groups excluding carboxylic acids is 3. The third-order valence-corrected chi connectivity index (χ3v) is 5.79. The largest absolute Gasteiger partial charge is 0.358 e. The normalized spacial score (nSPS) is 21.2. The van der Waals surface area contributed by atoms with Crippen molar-refractivity contribution < 1.29 is 14.4 Å². The molecule has 2 atom stereocenters. The molecule has 3 heterocycles. The van der Waals surface area contributed by atoms with E-state index in [0.29, 0.717) is 34.8 Å². The standard InChI is InChI=1S/C22H24N6O3/c1-11-9-18(29)26-22(23-11)28-17(10-16(27-28)13-7-8-13)25-21(31)20(30)19-12(2)24-15-6-4-3-5-14(15)19/h3-6,10-11,13,22-24H,7-9H2,1-2H3,(H,25,31)(H,26,29). The van der Waals surface area contributed by atoms with Gasteiger partial charge < -0.3 is 15.6 Å². The van der Waals surface area contributed by atoms with Crippen LogP contribution in [0.3, 0.4) is 0 Å². The van der Waals surface area contributed by atoms with Gasteiger partial charge in [-0.15, -0.1) is 0 Å². The number of anilines is 1. The van der Waals surface area contributed by atoms with Crippen LogP contribution < -0.4 is 16.0 Å². The third kappa shape index (κ3) is 3.61. The van der Waals surface area contributed by atoms with Crippen molar-refractivity contribution in [2.75, 3.05) is 5.32 Å². The van der Waals surface area contributed by atoms with Crippen LogP contribution in [0, 0.1) is 6.92 Å². The Bertz CT molecular complexity index is 1210. The van der Waals surface area contributed by atoms with Gasteiger partial charge in [0, 0.05) is 41.0 Å². The minimum atomic E-state index is -0.744. The highest BCUT2D eigenvalue weighted by molar-refractivity contribution is 6.48. The van der Waals surface area contributed by atoms with E-state index < -0.39 is 18.0 Å². The Hall–Kier alpha value is -3.46. The van der Waals surface area contributed by atoms with Gasteiger partial charge in [0.25, 0.3) is 11.7 Å². The zero-order valence-corrected chi connectivity index (χ0v) is 17.4. The lowest BCUT2D eigenvalue weighted by atomic mass is 10.1. The van der Waals surface area contributed by atoms with Crippen LogP contribution in [-0.2, 0) is 9.59 Å². The molecule has 160 valence electrons. The number of Topliss-reactive ketones (excluding diaryl/α,β-unsaturated/α-hetero) is 1. The highest BCUT2D eigenvalue weighted by Gasteiger charge is 2.32. The number of nitrogens with zero attached hydrogens (tertiary/aromatic N) is 2. The number of aromatic amines is 1. The molecule has 1 saturated heterocycles. The van der Waals surface area contributed by atoms with Crippen molar-refractivity contribution in [3.05, 3.63) is 47.3 Å². The van der Waals surface area contributed by atoms with Crippen LogP contribution in [0.25, 0.3) is 10.9 Å². The third-order valence-electron chi connectivity index (χ3n) is 5.79. The number of hydrogen-bond donors (Lipinski definition) is 4. The first kappa shape index (κ1) is 19.5. The van der Waals surface area contributed by atoms with E-state index in [-0.39, 0.29) is 11.9 Å². The molecule has 3 aromatic rings. The molecule has 2 amide bonds. The van der Waals surface area contributed by atoms with Gasteiger partial charge in [0.05, 0.1) is 11.3 Å². The summed E-state index contributed by atoms with van der Waals surface area (Å²) >= 11 is 0. The first-order valence-corrected chi connectivity index (χ1v) is 10.5. The maximum atomic E-state index is 13.0. The number of aromatic nitrogens is 3. The van der Waals surface area contributed by atoms with Gasteiger partial charge in [-0.05, 0) is 32.8 Å².